The van der Waals surface area contributed by atoms with Crippen molar-refractivity contribution in [3.05, 3.63) is 94.5 Å². The highest BCUT2D eigenvalue weighted by atomic mass is 35.5. The largest absolute Gasteiger partial charge is 0.507 e. The Bertz CT molecular complexity index is 1030. The molecule has 0 saturated heterocycles. The molecular weight excluding hydrogens is 378 g/mol. The summed E-state index contributed by atoms with van der Waals surface area (Å²) in [6, 6.07) is 19.6. The van der Waals surface area contributed by atoms with Crippen LogP contribution < -0.4 is 10.7 Å². The van der Waals surface area contributed by atoms with Crippen LogP contribution in [-0.4, -0.2) is 23.1 Å². The van der Waals surface area contributed by atoms with Gasteiger partial charge in [0.2, 0.25) is 0 Å². The summed E-state index contributed by atoms with van der Waals surface area (Å²) in [4.78, 5) is 24.5. The Morgan fingerprint density at radius 1 is 0.893 bits per heavy atom. The van der Waals surface area contributed by atoms with Crippen LogP contribution in [0.2, 0.25) is 5.02 Å². The summed E-state index contributed by atoms with van der Waals surface area (Å²) in [6.07, 6.45) is 1.35. The van der Waals surface area contributed by atoms with Crippen LogP contribution in [-0.2, 0) is 0 Å². The number of amides is 2. The van der Waals surface area contributed by atoms with Crippen LogP contribution >= 0.6 is 11.6 Å². The molecule has 6 nitrogen and oxygen atoms in total. The summed E-state index contributed by atoms with van der Waals surface area (Å²) < 4.78 is 0. The molecule has 0 spiro atoms. The molecule has 0 radical (unpaired) electrons. The van der Waals surface area contributed by atoms with Crippen LogP contribution in [0.15, 0.2) is 77.9 Å². The fourth-order valence-electron chi connectivity index (χ4n) is 2.36. The monoisotopic (exact) mass is 393 g/mol. The lowest BCUT2D eigenvalue weighted by Gasteiger charge is -2.07. The second kappa shape index (κ2) is 8.83. The third-order valence-electron chi connectivity index (χ3n) is 3.80. The van der Waals surface area contributed by atoms with Gasteiger partial charge in [-0.3, -0.25) is 9.59 Å². The summed E-state index contributed by atoms with van der Waals surface area (Å²) in [5.41, 5.74) is 4.11. The minimum atomic E-state index is -0.450. The molecular formula is C21H16ClN3O3. The number of para-hydroxylation sites is 1. The van der Waals surface area contributed by atoms with E-state index in [1.807, 2.05) is 0 Å². The summed E-state index contributed by atoms with van der Waals surface area (Å²) in [5.74, 6) is -0.700. The van der Waals surface area contributed by atoms with Crippen LogP contribution in [0.25, 0.3) is 0 Å². The standard InChI is InChI=1S/C21H16ClN3O3/c22-17-10-8-14(9-11-17)20(27)24-18-6-3-5-15(12-18)21(28)25-23-13-16-4-1-2-7-19(16)26/h1-13,26H,(H,24,27)(H,25,28)/b23-13-. The van der Waals surface area contributed by atoms with Gasteiger partial charge in [-0.1, -0.05) is 29.8 Å². The predicted octanol–water partition coefficient (Wildman–Crippen LogP) is 4.06. The first kappa shape index (κ1) is 19.1. The molecule has 0 aliphatic heterocycles. The Kier molecular flexibility index (Phi) is 6.04. The lowest BCUT2D eigenvalue weighted by molar-refractivity contribution is 0.0953. The molecule has 3 aromatic carbocycles. The van der Waals surface area contributed by atoms with Gasteiger partial charge in [-0.2, -0.15) is 5.10 Å². The van der Waals surface area contributed by atoms with E-state index in [9.17, 15) is 14.7 Å². The first-order valence-corrected chi connectivity index (χ1v) is 8.69. The lowest BCUT2D eigenvalue weighted by atomic mass is 10.1. The van der Waals surface area contributed by atoms with Crippen molar-refractivity contribution in [3.8, 4) is 5.75 Å². The third-order valence-corrected chi connectivity index (χ3v) is 4.05. The molecule has 0 saturated carbocycles. The smallest absolute Gasteiger partial charge is 0.271 e. The molecule has 0 heterocycles. The molecule has 0 aliphatic rings. The average molecular weight is 394 g/mol. The molecule has 0 aromatic heterocycles. The minimum absolute atomic E-state index is 0.0624. The number of nitrogens with zero attached hydrogens (tertiary/aromatic N) is 1. The van der Waals surface area contributed by atoms with Crippen LogP contribution in [0.5, 0.6) is 5.75 Å². The van der Waals surface area contributed by atoms with Gasteiger partial charge in [0, 0.05) is 27.4 Å². The number of phenols is 1. The van der Waals surface area contributed by atoms with Gasteiger partial charge >= 0.3 is 0 Å². The number of phenolic OH excluding ortho intramolecular Hbond substituents is 1. The molecule has 0 unspecified atom stereocenters. The maximum absolute atomic E-state index is 12.3. The molecule has 7 heteroatoms. The fraction of sp³-hybridized carbons (Fsp3) is 0. The highest BCUT2D eigenvalue weighted by Gasteiger charge is 2.09. The van der Waals surface area contributed by atoms with E-state index < -0.39 is 5.91 Å². The topological polar surface area (TPSA) is 90.8 Å². The SMILES string of the molecule is O=C(N/N=C\c1ccccc1O)c1cccc(NC(=O)c2ccc(Cl)cc2)c1. The summed E-state index contributed by atoms with van der Waals surface area (Å²) in [6.45, 7) is 0. The first-order valence-electron chi connectivity index (χ1n) is 8.31. The average Bonchev–Trinajstić information content (AvgIpc) is 2.70. The van der Waals surface area contributed by atoms with E-state index in [1.54, 1.807) is 66.7 Å². The Morgan fingerprint density at radius 3 is 2.39 bits per heavy atom. The number of anilines is 1. The first-order chi connectivity index (χ1) is 13.5. The van der Waals surface area contributed by atoms with Crippen LogP contribution in [0.3, 0.4) is 0 Å². The minimum Gasteiger partial charge on any atom is -0.507 e. The number of aromatic hydroxyl groups is 1. The molecule has 0 atom stereocenters. The fourth-order valence-corrected chi connectivity index (χ4v) is 2.49. The van der Waals surface area contributed by atoms with Crippen molar-refractivity contribution in [2.75, 3.05) is 5.32 Å². The van der Waals surface area contributed by atoms with E-state index in [4.69, 9.17) is 11.6 Å². The van der Waals surface area contributed by atoms with Gasteiger partial charge in [0.1, 0.15) is 5.75 Å². The van der Waals surface area contributed by atoms with Crippen molar-refractivity contribution in [2.24, 2.45) is 5.10 Å². The Morgan fingerprint density at radius 2 is 1.64 bits per heavy atom. The van der Waals surface area contributed by atoms with E-state index in [-0.39, 0.29) is 11.7 Å². The third kappa shape index (κ3) is 4.96. The number of hydrogen-bond donors (Lipinski definition) is 3. The molecule has 3 rings (SSSR count). The van der Waals surface area contributed by atoms with Crippen molar-refractivity contribution >= 4 is 35.3 Å². The van der Waals surface area contributed by atoms with E-state index in [0.717, 1.165) is 0 Å². The zero-order valence-corrected chi connectivity index (χ0v) is 15.4. The van der Waals surface area contributed by atoms with Gasteiger partial charge in [-0.25, -0.2) is 5.43 Å². The van der Waals surface area contributed by atoms with Gasteiger partial charge in [0.05, 0.1) is 6.21 Å². The van der Waals surface area contributed by atoms with Gasteiger partial charge < -0.3 is 10.4 Å². The zero-order chi connectivity index (χ0) is 19.9. The van der Waals surface area contributed by atoms with Crippen molar-refractivity contribution < 1.29 is 14.7 Å². The summed E-state index contributed by atoms with van der Waals surface area (Å²) >= 11 is 5.82. The highest BCUT2D eigenvalue weighted by Crippen LogP contribution is 2.15. The normalized spacial score (nSPS) is 10.6. The highest BCUT2D eigenvalue weighted by molar-refractivity contribution is 6.30. The number of rotatable bonds is 5. The lowest BCUT2D eigenvalue weighted by Crippen LogP contribution is -2.18. The zero-order valence-electron chi connectivity index (χ0n) is 14.6. The molecule has 28 heavy (non-hydrogen) atoms. The quantitative estimate of drug-likeness (QED) is 0.451. The van der Waals surface area contributed by atoms with Crippen molar-refractivity contribution in [2.45, 2.75) is 0 Å². The molecule has 3 aromatic rings. The molecule has 140 valence electrons. The second-order valence-electron chi connectivity index (χ2n) is 5.80. The number of benzene rings is 3. The van der Waals surface area contributed by atoms with Crippen molar-refractivity contribution in [1.82, 2.24) is 5.43 Å². The molecule has 0 fully saturated rings. The van der Waals surface area contributed by atoms with Gasteiger partial charge in [-0.05, 0) is 54.6 Å². The van der Waals surface area contributed by atoms with Gasteiger partial charge in [0.25, 0.3) is 11.8 Å². The number of nitrogens with one attached hydrogen (secondary N) is 2. The maximum atomic E-state index is 12.3. The molecule has 0 aliphatic carbocycles. The Labute approximate surface area is 166 Å². The van der Waals surface area contributed by atoms with Crippen molar-refractivity contribution in [3.63, 3.8) is 0 Å². The van der Waals surface area contributed by atoms with E-state index in [2.05, 4.69) is 15.8 Å². The van der Waals surface area contributed by atoms with Crippen LogP contribution in [0.1, 0.15) is 26.3 Å². The molecule has 2 amide bonds. The van der Waals surface area contributed by atoms with E-state index in [0.29, 0.717) is 27.4 Å². The second-order valence-corrected chi connectivity index (χ2v) is 6.24. The summed E-state index contributed by atoms with van der Waals surface area (Å²) in [5, 5.41) is 16.8. The molecule has 0 bridgehead atoms. The van der Waals surface area contributed by atoms with Gasteiger partial charge in [-0.15, -0.1) is 0 Å². The predicted molar refractivity (Wildman–Crippen MR) is 109 cm³/mol. The number of hydrogen-bond acceptors (Lipinski definition) is 4. The maximum Gasteiger partial charge on any atom is 0.271 e. The number of hydrazone groups is 1. The Hall–Kier alpha value is -3.64. The Balaban J connectivity index is 1.65. The number of halogens is 1. The van der Waals surface area contributed by atoms with Crippen LogP contribution in [0.4, 0.5) is 5.69 Å². The van der Waals surface area contributed by atoms with Gasteiger partial charge in [0.15, 0.2) is 0 Å². The van der Waals surface area contributed by atoms with Crippen molar-refractivity contribution in [1.29, 1.82) is 0 Å². The summed E-state index contributed by atoms with van der Waals surface area (Å²) in [7, 11) is 0. The number of carbonyl (C=O) groups is 2. The van der Waals surface area contributed by atoms with E-state index in [1.165, 1.54) is 12.3 Å². The molecule has 3 N–H and O–H groups in total. The van der Waals surface area contributed by atoms with E-state index >= 15 is 0 Å². The van der Waals surface area contributed by atoms with Crippen LogP contribution in [0, 0.1) is 0 Å². The number of carbonyl (C=O) groups excluding carboxylic acids is 2.